The number of carbonyl (C=O) groups excluding carboxylic acids is 1. The van der Waals surface area contributed by atoms with Gasteiger partial charge in [-0.15, -0.1) is 0 Å². The first-order valence-corrected chi connectivity index (χ1v) is 9.63. The zero-order valence-corrected chi connectivity index (χ0v) is 16.5. The summed E-state index contributed by atoms with van der Waals surface area (Å²) in [4.78, 5) is 11.9. The van der Waals surface area contributed by atoms with Crippen molar-refractivity contribution in [2.75, 3.05) is 6.61 Å². The SMILES string of the molecule is O=C(COc1ccc(-c2ccccc2)cc1)N/N=C/c1ccc(-c2cccc(F)c2)o1. The van der Waals surface area contributed by atoms with Crippen LogP contribution in [-0.4, -0.2) is 18.7 Å². The second-order valence-electron chi connectivity index (χ2n) is 6.68. The number of hydrogen-bond donors (Lipinski definition) is 1. The van der Waals surface area contributed by atoms with Crippen LogP contribution in [0.15, 0.2) is 101 Å². The standard InChI is InChI=1S/C25H19FN2O3/c26-21-8-4-7-20(15-21)24-14-13-23(31-24)16-27-28-25(29)17-30-22-11-9-19(10-12-22)18-5-2-1-3-6-18/h1-16H,17H2,(H,28,29)/b27-16+. The number of furan rings is 1. The van der Waals surface area contributed by atoms with Gasteiger partial charge in [-0.2, -0.15) is 5.10 Å². The summed E-state index contributed by atoms with van der Waals surface area (Å²) < 4.78 is 24.4. The highest BCUT2D eigenvalue weighted by Crippen LogP contribution is 2.23. The zero-order chi connectivity index (χ0) is 21.5. The Bertz CT molecular complexity index is 1180. The van der Waals surface area contributed by atoms with Crippen LogP contribution in [0.25, 0.3) is 22.5 Å². The third kappa shape index (κ3) is 5.45. The van der Waals surface area contributed by atoms with Gasteiger partial charge in [0.1, 0.15) is 23.1 Å². The third-order valence-corrected chi connectivity index (χ3v) is 4.45. The van der Waals surface area contributed by atoms with Crippen LogP contribution in [0.5, 0.6) is 5.75 Å². The number of hydrazone groups is 1. The molecule has 3 aromatic carbocycles. The lowest BCUT2D eigenvalue weighted by molar-refractivity contribution is -0.123. The first-order valence-electron chi connectivity index (χ1n) is 9.63. The minimum absolute atomic E-state index is 0.172. The van der Waals surface area contributed by atoms with Crippen LogP contribution >= 0.6 is 0 Å². The molecule has 154 valence electrons. The van der Waals surface area contributed by atoms with E-state index in [1.807, 2.05) is 54.6 Å². The van der Waals surface area contributed by atoms with Crippen molar-refractivity contribution in [3.63, 3.8) is 0 Å². The Labute approximate surface area is 178 Å². The molecule has 0 spiro atoms. The van der Waals surface area contributed by atoms with Crippen molar-refractivity contribution in [2.24, 2.45) is 5.10 Å². The van der Waals surface area contributed by atoms with E-state index in [-0.39, 0.29) is 12.4 Å². The van der Waals surface area contributed by atoms with E-state index in [2.05, 4.69) is 10.5 Å². The Hall–Kier alpha value is -4.19. The van der Waals surface area contributed by atoms with Crippen molar-refractivity contribution in [2.45, 2.75) is 0 Å². The van der Waals surface area contributed by atoms with Crippen LogP contribution in [0.2, 0.25) is 0 Å². The van der Waals surface area contributed by atoms with Gasteiger partial charge in [0.2, 0.25) is 0 Å². The summed E-state index contributed by atoms with van der Waals surface area (Å²) in [7, 11) is 0. The molecule has 0 aliphatic carbocycles. The molecule has 0 aliphatic heterocycles. The highest BCUT2D eigenvalue weighted by molar-refractivity contribution is 5.81. The fraction of sp³-hybridized carbons (Fsp3) is 0.0400. The van der Waals surface area contributed by atoms with E-state index in [1.54, 1.807) is 24.3 Å². The summed E-state index contributed by atoms with van der Waals surface area (Å²) in [6.07, 6.45) is 1.37. The molecule has 0 atom stereocenters. The Kier molecular flexibility index (Phi) is 6.18. The number of hydrogen-bond acceptors (Lipinski definition) is 4. The lowest BCUT2D eigenvalue weighted by Gasteiger charge is -2.06. The molecule has 4 aromatic rings. The topological polar surface area (TPSA) is 63.8 Å². The number of carbonyl (C=O) groups is 1. The van der Waals surface area contributed by atoms with Crippen LogP contribution in [0.3, 0.4) is 0 Å². The largest absolute Gasteiger partial charge is 0.484 e. The monoisotopic (exact) mass is 414 g/mol. The van der Waals surface area contributed by atoms with Gasteiger partial charge in [0.05, 0.1) is 6.21 Å². The van der Waals surface area contributed by atoms with Gasteiger partial charge in [-0.3, -0.25) is 4.79 Å². The molecule has 6 heteroatoms. The predicted octanol–water partition coefficient (Wildman–Crippen LogP) is 5.28. The quantitative estimate of drug-likeness (QED) is 0.330. The Balaban J connectivity index is 1.26. The average molecular weight is 414 g/mol. The van der Waals surface area contributed by atoms with E-state index in [4.69, 9.17) is 9.15 Å². The van der Waals surface area contributed by atoms with Crippen LogP contribution in [0.4, 0.5) is 4.39 Å². The van der Waals surface area contributed by atoms with E-state index in [9.17, 15) is 9.18 Å². The molecule has 0 fully saturated rings. The first kappa shape index (κ1) is 20.1. The normalized spacial score (nSPS) is 10.9. The highest BCUT2D eigenvalue weighted by atomic mass is 19.1. The molecule has 0 bridgehead atoms. The molecule has 0 saturated heterocycles. The summed E-state index contributed by atoms with van der Waals surface area (Å²) in [5.41, 5.74) is 5.18. The summed E-state index contributed by atoms with van der Waals surface area (Å²) in [5, 5.41) is 3.86. The van der Waals surface area contributed by atoms with E-state index in [0.29, 0.717) is 22.8 Å². The third-order valence-electron chi connectivity index (χ3n) is 4.45. The molecule has 31 heavy (non-hydrogen) atoms. The molecule has 1 amide bonds. The minimum Gasteiger partial charge on any atom is -0.484 e. The van der Waals surface area contributed by atoms with Crippen molar-refractivity contribution in [1.29, 1.82) is 0 Å². The summed E-state index contributed by atoms with van der Waals surface area (Å²) in [5.74, 6) is 0.780. The molecule has 0 saturated carbocycles. The van der Waals surface area contributed by atoms with Crippen LogP contribution in [-0.2, 0) is 4.79 Å². The van der Waals surface area contributed by atoms with Crippen LogP contribution in [0, 0.1) is 5.82 Å². The van der Waals surface area contributed by atoms with Crippen LogP contribution in [0.1, 0.15) is 5.76 Å². The Morgan fingerprint density at radius 1 is 0.903 bits per heavy atom. The van der Waals surface area contributed by atoms with Gasteiger partial charge in [0.15, 0.2) is 6.61 Å². The maximum absolute atomic E-state index is 13.3. The number of rotatable bonds is 7. The molecule has 0 unspecified atom stereocenters. The number of halogens is 1. The summed E-state index contributed by atoms with van der Waals surface area (Å²) in [6.45, 7) is -0.172. The Morgan fingerprint density at radius 3 is 2.42 bits per heavy atom. The fourth-order valence-corrected chi connectivity index (χ4v) is 2.94. The fourth-order valence-electron chi connectivity index (χ4n) is 2.94. The number of amides is 1. The van der Waals surface area contributed by atoms with Crippen molar-refractivity contribution in [1.82, 2.24) is 5.43 Å². The molecule has 1 heterocycles. The maximum Gasteiger partial charge on any atom is 0.277 e. The number of ether oxygens (including phenoxy) is 1. The van der Waals surface area contributed by atoms with Crippen molar-refractivity contribution >= 4 is 12.1 Å². The van der Waals surface area contributed by atoms with E-state index in [0.717, 1.165) is 11.1 Å². The van der Waals surface area contributed by atoms with Gasteiger partial charge in [0.25, 0.3) is 5.91 Å². The van der Waals surface area contributed by atoms with Gasteiger partial charge in [0, 0.05) is 5.56 Å². The lowest BCUT2D eigenvalue weighted by atomic mass is 10.1. The van der Waals surface area contributed by atoms with Gasteiger partial charge in [-0.1, -0.05) is 54.6 Å². The van der Waals surface area contributed by atoms with Crippen molar-refractivity contribution in [3.8, 4) is 28.2 Å². The van der Waals surface area contributed by atoms with Gasteiger partial charge >= 0.3 is 0 Å². The molecule has 4 rings (SSSR count). The molecule has 1 N–H and O–H groups in total. The molecule has 5 nitrogen and oxygen atoms in total. The molecule has 1 aromatic heterocycles. The minimum atomic E-state index is -0.403. The lowest BCUT2D eigenvalue weighted by Crippen LogP contribution is -2.24. The first-order chi connectivity index (χ1) is 15.2. The average Bonchev–Trinajstić information content (AvgIpc) is 3.28. The second kappa shape index (κ2) is 9.54. The van der Waals surface area contributed by atoms with Crippen molar-refractivity contribution in [3.05, 3.63) is 103 Å². The van der Waals surface area contributed by atoms with Gasteiger partial charge in [-0.05, 0) is 47.5 Å². The molecule has 0 aliphatic rings. The molecular weight excluding hydrogens is 395 g/mol. The second-order valence-corrected chi connectivity index (χ2v) is 6.68. The smallest absolute Gasteiger partial charge is 0.277 e. The predicted molar refractivity (Wildman–Crippen MR) is 117 cm³/mol. The number of nitrogens with one attached hydrogen (secondary N) is 1. The summed E-state index contributed by atoms with van der Waals surface area (Å²) in [6, 6.07) is 27.0. The van der Waals surface area contributed by atoms with Crippen LogP contribution < -0.4 is 10.2 Å². The maximum atomic E-state index is 13.3. The van der Waals surface area contributed by atoms with E-state index >= 15 is 0 Å². The Morgan fingerprint density at radius 2 is 1.65 bits per heavy atom. The van der Waals surface area contributed by atoms with Crippen molar-refractivity contribution < 1.29 is 18.3 Å². The van der Waals surface area contributed by atoms with E-state index < -0.39 is 5.91 Å². The number of nitrogens with zero attached hydrogens (tertiary/aromatic N) is 1. The highest BCUT2D eigenvalue weighted by Gasteiger charge is 2.05. The van der Waals surface area contributed by atoms with Gasteiger partial charge < -0.3 is 9.15 Å². The summed E-state index contributed by atoms with van der Waals surface area (Å²) >= 11 is 0. The van der Waals surface area contributed by atoms with E-state index in [1.165, 1.54) is 18.3 Å². The molecular formula is C25H19FN2O3. The number of benzene rings is 3. The zero-order valence-electron chi connectivity index (χ0n) is 16.5. The van der Waals surface area contributed by atoms with Gasteiger partial charge in [-0.25, -0.2) is 9.82 Å². The molecule has 0 radical (unpaired) electrons.